The number of amides is 2. The lowest BCUT2D eigenvalue weighted by Crippen LogP contribution is -2.50. The lowest BCUT2D eigenvalue weighted by atomic mass is 9.79. The monoisotopic (exact) mass is 504 g/mol. The van der Waals surface area contributed by atoms with Crippen molar-refractivity contribution < 1.29 is 9.59 Å². The largest absolute Gasteiger partial charge is 0.378 e. The van der Waals surface area contributed by atoms with E-state index < -0.39 is 0 Å². The molecule has 1 aliphatic carbocycles. The predicted octanol–water partition coefficient (Wildman–Crippen LogP) is 6.28. The second-order valence-corrected chi connectivity index (χ2v) is 10.7. The minimum atomic E-state index is -0.230. The molecule has 2 fully saturated rings. The molecule has 0 bridgehead atoms. The fraction of sp³-hybridized carbons (Fsp3) is 0.344. The zero-order chi connectivity index (χ0) is 26.1. The van der Waals surface area contributed by atoms with Gasteiger partial charge in [-0.3, -0.25) is 9.59 Å². The van der Waals surface area contributed by atoms with E-state index in [0.717, 1.165) is 44.3 Å². The van der Waals surface area contributed by atoms with E-state index in [4.69, 9.17) is 6.57 Å². The summed E-state index contributed by atoms with van der Waals surface area (Å²) in [6.07, 6.45) is 4.52. The summed E-state index contributed by atoms with van der Waals surface area (Å²) in [6, 6.07) is 25.6. The molecular weight excluding hydrogens is 472 g/mol. The van der Waals surface area contributed by atoms with E-state index in [2.05, 4.69) is 62.8 Å². The third-order valence-electron chi connectivity index (χ3n) is 8.56. The lowest BCUT2D eigenvalue weighted by Gasteiger charge is -2.42. The molecule has 38 heavy (non-hydrogen) atoms. The summed E-state index contributed by atoms with van der Waals surface area (Å²) in [5, 5.41) is 6.95. The molecule has 1 saturated carbocycles. The molecule has 0 spiro atoms. The van der Waals surface area contributed by atoms with Gasteiger partial charge in [0.15, 0.2) is 5.69 Å². The number of carbonyl (C=O) groups excluding carboxylic acids is 2. The van der Waals surface area contributed by atoms with E-state index in [1.165, 1.54) is 11.1 Å². The maximum absolute atomic E-state index is 14.2. The second-order valence-electron chi connectivity index (χ2n) is 10.7. The van der Waals surface area contributed by atoms with Gasteiger partial charge in [0, 0.05) is 29.8 Å². The van der Waals surface area contributed by atoms with E-state index >= 15 is 0 Å². The van der Waals surface area contributed by atoms with Crippen molar-refractivity contribution in [3.63, 3.8) is 0 Å². The lowest BCUT2D eigenvalue weighted by molar-refractivity contribution is -0.138. The molecule has 1 saturated heterocycles. The first-order valence-corrected chi connectivity index (χ1v) is 13.6. The Morgan fingerprint density at radius 1 is 0.895 bits per heavy atom. The third-order valence-corrected chi connectivity index (χ3v) is 8.56. The summed E-state index contributed by atoms with van der Waals surface area (Å²) in [5.74, 6) is 0.0382. The third kappa shape index (κ3) is 4.43. The number of rotatable bonds is 4. The number of anilines is 1. The van der Waals surface area contributed by atoms with Crippen LogP contribution in [0.4, 0.5) is 11.4 Å². The van der Waals surface area contributed by atoms with Crippen LogP contribution < -0.4 is 10.6 Å². The van der Waals surface area contributed by atoms with Crippen molar-refractivity contribution in [3.8, 4) is 0 Å². The van der Waals surface area contributed by atoms with Gasteiger partial charge in [-0.1, -0.05) is 85.6 Å². The van der Waals surface area contributed by atoms with Crippen molar-refractivity contribution in [3.05, 3.63) is 107 Å². The second kappa shape index (κ2) is 10.3. The molecule has 0 unspecified atom stereocenters. The summed E-state index contributed by atoms with van der Waals surface area (Å²) in [6.45, 7) is 7.86. The van der Waals surface area contributed by atoms with Gasteiger partial charge in [-0.15, -0.1) is 0 Å². The number of nitrogens with one attached hydrogen (secondary N) is 2. The summed E-state index contributed by atoms with van der Waals surface area (Å²) in [5.41, 5.74) is 4.56. The van der Waals surface area contributed by atoms with Crippen LogP contribution in [0.2, 0.25) is 0 Å². The van der Waals surface area contributed by atoms with Crippen LogP contribution in [0, 0.1) is 18.4 Å². The number of nitrogens with zero attached hydrogens (tertiary/aromatic N) is 2. The molecule has 6 heteroatoms. The fourth-order valence-corrected chi connectivity index (χ4v) is 6.71. The first-order chi connectivity index (χ1) is 18.6. The van der Waals surface area contributed by atoms with Crippen molar-refractivity contribution in [2.75, 3.05) is 11.9 Å². The Morgan fingerprint density at radius 3 is 2.42 bits per heavy atom. The smallest absolute Gasteiger partial charge is 0.251 e. The Hall–Kier alpha value is -4.11. The van der Waals surface area contributed by atoms with Gasteiger partial charge in [0.05, 0.1) is 24.6 Å². The SMILES string of the molecule is [C-]#[N+]c1ccc(C(=O)N[C@@H]2CCCC[C@@H]2C(=O)N2CC[C@@H]3[C@H](c4ccccc4)Nc4ccccc4[C@@H]32)cc1. The highest BCUT2D eigenvalue weighted by molar-refractivity contribution is 5.95. The number of likely N-dealkylation sites (tertiary alicyclic amines) is 1. The van der Waals surface area contributed by atoms with Gasteiger partial charge >= 0.3 is 0 Å². The first kappa shape index (κ1) is 24.2. The maximum atomic E-state index is 14.2. The van der Waals surface area contributed by atoms with Gasteiger partial charge in [0.25, 0.3) is 5.91 Å². The minimum absolute atomic E-state index is 0.0181. The first-order valence-electron chi connectivity index (χ1n) is 13.6. The summed E-state index contributed by atoms with van der Waals surface area (Å²) in [7, 11) is 0. The molecule has 3 aromatic rings. The molecule has 3 aromatic carbocycles. The Labute approximate surface area is 223 Å². The van der Waals surface area contributed by atoms with E-state index in [1.807, 2.05) is 12.1 Å². The normalized spacial score (nSPS) is 25.9. The molecule has 2 heterocycles. The van der Waals surface area contributed by atoms with Gasteiger partial charge in [-0.25, -0.2) is 4.85 Å². The Morgan fingerprint density at radius 2 is 1.63 bits per heavy atom. The van der Waals surface area contributed by atoms with Gasteiger partial charge in [0.1, 0.15) is 0 Å². The number of hydrogen-bond donors (Lipinski definition) is 2. The molecule has 6 rings (SSSR count). The average Bonchev–Trinajstić information content (AvgIpc) is 3.43. The number of hydrogen-bond acceptors (Lipinski definition) is 3. The zero-order valence-electron chi connectivity index (χ0n) is 21.3. The number of fused-ring (bicyclic) bond motifs is 3. The molecule has 5 atom stereocenters. The molecule has 192 valence electrons. The van der Waals surface area contributed by atoms with Gasteiger partial charge in [0.2, 0.25) is 5.91 Å². The highest BCUT2D eigenvalue weighted by atomic mass is 16.2. The molecule has 2 aliphatic heterocycles. The Balaban J connectivity index is 1.26. The van der Waals surface area contributed by atoms with Crippen LogP contribution in [0.5, 0.6) is 0 Å². The van der Waals surface area contributed by atoms with Crippen LogP contribution in [0.25, 0.3) is 4.85 Å². The van der Waals surface area contributed by atoms with Gasteiger partial charge in [-0.05, 0) is 36.5 Å². The van der Waals surface area contributed by atoms with E-state index in [1.54, 1.807) is 24.3 Å². The number of para-hydroxylation sites is 1. The highest BCUT2D eigenvalue weighted by Gasteiger charge is 2.48. The summed E-state index contributed by atoms with van der Waals surface area (Å²) in [4.78, 5) is 32.8. The van der Waals surface area contributed by atoms with Crippen molar-refractivity contribution in [1.82, 2.24) is 10.2 Å². The summed E-state index contributed by atoms with van der Waals surface area (Å²) < 4.78 is 0. The van der Waals surface area contributed by atoms with Crippen LogP contribution >= 0.6 is 0 Å². The van der Waals surface area contributed by atoms with Crippen LogP contribution in [-0.2, 0) is 4.79 Å². The van der Waals surface area contributed by atoms with Crippen molar-refractivity contribution in [2.24, 2.45) is 11.8 Å². The molecular formula is C32H32N4O2. The number of benzene rings is 3. The van der Waals surface area contributed by atoms with Crippen LogP contribution in [0.1, 0.15) is 65.7 Å². The van der Waals surface area contributed by atoms with Gasteiger partial charge < -0.3 is 15.5 Å². The Kier molecular flexibility index (Phi) is 6.59. The zero-order valence-corrected chi connectivity index (χ0v) is 21.3. The van der Waals surface area contributed by atoms with Crippen LogP contribution in [0.3, 0.4) is 0 Å². The minimum Gasteiger partial charge on any atom is -0.378 e. The standard InChI is InChI=1S/C32H32N4O2/c1-33-23-17-15-22(16-18-23)31(37)35-28-14-8-6-12-25(28)32(38)36-20-19-26-29(21-9-3-2-4-10-21)34-27-13-7-5-11-24(27)30(26)36/h2-5,7,9-11,13,15-18,25-26,28-30,34H,6,8,12,14,19-20H2,(H,35,37)/t25-,26+,28+,29-,30-/m0/s1. The summed E-state index contributed by atoms with van der Waals surface area (Å²) >= 11 is 0. The van der Waals surface area contributed by atoms with E-state index in [0.29, 0.717) is 11.3 Å². The van der Waals surface area contributed by atoms with Crippen LogP contribution in [0.15, 0.2) is 78.9 Å². The average molecular weight is 505 g/mol. The predicted molar refractivity (Wildman–Crippen MR) is 148 cm³/mol. The maximum Gasteiger partial charge on any atom is 0.251 e. The molecule has 2 N–H and O–H groups in total. The topological polar surface area (TPSA) is 65.8 Å². The van der Waals surface area contributed by atoms with E-state index in [9.17, 15) is 9.59 Å². The van der Waals surface area contributed by atoms with Crippen molar-refractivity contribution in [1.29, 1.82) is 0 Å². The van der Waals surface area contributed by atoms with Crippen molar-refractivity contribution >= 4 is 23.2 Å². The Bertz CT molecular complexity index is 1360. The highest BCUT2D eigenvalue weighted by Crippen LogP contribution is 2.51. The van der Waals surface area contributed by atoms with Crippen molar-refractivity contribution in [2.45, 2.75) is 50.2 Å². The van der Waals surface area contributed by atoms with Gasteiger partial charge in [-0.2, -0.15) is 0 Å². The molecule has 3 aliphatic rings. The number of carbonyl (C=O) groups is 2. The fourth-order valence-electron chi connectivity index (χ4n) is 6.71. The van der Waals surface area contributed by atoms with Crippen LogP contribution in [-0.4, -0.2) is 29.3 Å². The molecule has 2 amide bonds. The quantitative estimate of drug-likeness (QED) is 0.411. The molecule has 0 aromatic heterocycles. The van der Waals surface area contributed by atoms with E-state index in [-0.39, 0.29) is 41.8 Å². The molecule has 6 nitrogen and oxygen atoms in total. The molecule has 0 radical (unpaired) electrons.